The summed E-state index contributed by atoms with van der Waals surface area (Å²) in [5.41, 5.74) is 5.72. The van der Waals surface area contributed by atoms with Crippen LogP contribution in [0.25, 0.3) is 17.1 Å². The Bertz CT molecular complexity index is 1150. The van der Waals surface area contributed by atoms with Gasteiger partial charge in [0.15, 0.2) is 11.0 Å². The van der Waals surface area contributed by atoms with Crippen LogP contribution in [0.3, 0.4) is 0 Å². The zero-order valence-corrected chi connectivity index (χ0v) is 18.4. The van der Waals surface area contributed by atoms with Crippen molar-refractivity contribution in [1.82, 2.24) is 14.8 Å². The molecule has 0 saturated heterocycles. The molecular weight excluding hydrogens is 421 g/mol. The van der Waals surface area contributed by atoms with Gasteiger partial charge in [0.25, 0.3) is 0 Å². The molecule has 0 radical (unpaired) electrons. The van der Waals surface area contributed by atoms with Crippen molar-refractivity contribution in [2.75, 3.05) is 0 Å². The summed E-state index contributed by atoms with van der Waals surface area (Å²) >= 11 is 14.0. The van der Waals surface area contributed by atoms with Gasteiger partial charge in [0.05, 0.1) is 0 Å². The van der Waals surface area contributed by atoms with E-state index in [1.54, 1.807) is 11.8 Å². The number of aryl methyl sites for hydroxylation is 2. The summed E-state index contributed by atoms with van der Waals surface area (Å²) < 4.78 is 2.05. The predicted octanol–water partition coefficient (Wildman–Crippen LogP) is 7.15. The van der Waals surface area contributed by atoms with Gasteiger partial charge in [-0.1, -0.05) is 65.3 Å². The summed E-state index contributed by atoms with van der Waals surface area (Å²) in [5.74, 6) is 1.56. The van der Waals surface area contributed by atoms with Crippen molar-refractivity contribution in [2.24, 2.45) is 0 Å². The van der Waals surface area contributed by atoms with Gasteiger partial charge in [-0.05, 0) is 66.9 Å². The lowest BCUT2D eigenvalue weighted by molar-refractivity contribution is 0.886. The van der Waals surface area contributed by atoms with Gasteiger partial charge in [-0.15, -0.1) is 10.2 Å². The van der Waals surface area contributed by atoms with Crippen LogP contribution in [0.5, 0.6) is 0 Å². The fourth-order valence-electron chi connectivity index (χ4n) is 3.04. The molecule has 0 aliphatic rings. The smallest absolute Gasteiger partial charge is 0.196 e. The number of benzene rings is 3. The second-order valence-electron chi connectivity index (χ2n) is 6.84. The average molecular weight is 440 g/mol. The van der Waals surface area contributed by atoms with Crippen LogP contribution < -0.4 is 0 Å². The SMILES string of the molecule is Cc1ccc(CSc2nnc(-c3cccc(Cl)c3)n2-c2ccc(Cl)cc2)cc1C. The molecule has 0 unspecified atom stereocenters. The van der Waals surface area contributed by atoms with Gasteiger partial charge >= 0.3 is 0 Å². The molecule has 3 nitrogen and oxygen atoms in total. The van der Waals surface area contributed by atoms with Crippen LogP contribution in [0.2, 0.25) is 10.0 Å². The van der Waals surface area contributed by atoms with E-state index in [1.165, 1.54) is 16.7 Å². The Morgan fingerprint density at radius 2 is 1.62 bits per heavy atom. The second kappa shape index (κ2) is 8.62. The van der Waals surface area contributed by atoms with Crippen LogP contribution in [0.4, 0.5) is 0 Å². The average Bonchev–Trinajstić information content (AvgIpc) is 3.13. The predicted molar refractivity (Wildman–Crippen MR) is 122 cm³/mol. The lowest BCUT2D eigenvalue weighted by atomic mass is 10.1. The summed E-state index contributed by atoms with van der Waals surface area (Å²) in [5, 5.41) is 11.1. The molecule has 0 aliphatic carbocycles. The number of hydrogen-bond acceptors (Lipinski definition) is 3. The van der Waals surface area contributed by atoms with Crippen molar-refractivity contribution >= 4 is 35.0 Å². The number of thioether (sulfide) groups is 1. The summed E-state index contributed by atoms with van der Waals surface area (Å²) in [4.78, 5) is 0. The number of halogens is 2. The molecule has 146 valence electrons. The molecule has 3 aromatic carbocycles. The third kappa shape index (κ3) is 4.50. The largest absolute Gasteiger partial charge is 0.270 e. The van der Waals surface area contributed by atoms with Gasteiger partial charge in [0.2, 0.25) is 0 Å². The van der Waals surface area contributed by atoms with Crippen molar-refractivity contribution in [3.05, 3.63) is 93.5 Å². The molecule has 0 aliphatic heterocycles. The topological polar surface area (TPSA) is 30.7 Å². The van der Waals surface area contributed by atoms with E-state index < -0.39 is 0 Å². The highest BCUT2D eigenvalue weighted by Gasteiger charge is 2.16. The lowest BCUT2D eigenvalue weighted by Crippen LogP contribution is -2.00. The highest BCUT2D eigenvalue weighted by atomic mass is 35.5. The molecule has 0 saturated carbocycles. The zero-order valence-electron chi connectivity index (χ0n) is 16.1. The Morgan fingerprint density at radius 1 is 0.828 bits per heavy atom. The maximum atomic E-state index is 6.21. The van der Waals surface area contributed by atoms with Gasteiger partial charge < -0.3 is 0 Å². The van der Waals surface area contributed by atoms with Gasteiger partial charge in [0, 0.05) is 27.0 Å². The van der Waals surface area contributed by atoms with E-state index in [9.17, 15) is 0 Å². The van der Waals surface area contributed by atoms with E-state index >= 15 is 0 Å². The number of aromatic nitrogens is 3. The van der Waals surface area contributed by atoms with Crippen molar-refractivity contribution < 1.29 is 0 Å². The van der Waals surface area contributed by atoms with E-state index in [0.29, 0.717) is 10.0 Å². The van der Waals surface area contributed by atoms with E-state index in [1.807, 2.05) is 53.1 Å². The summed E-state index contributed by atoms with van der Waals surface area (Å²) in [6, 6.07) is 21.9. The summed E-state index contributed by atoms with van der Waals surface area (Å²) in [6.45, 7) is 4.26. The first kappa shape index (κ1) is 20.0. The van der Waals surface area contributed by atoms with Gasteiger partial charge in [-0.3, -0.25) is 4.57 Å². The van der Waals surface area contributed by atoms with E-state index in [4.69, 9.17) is 23.2 Å². The monoisotopic (exact) mass is 439 g/mol. The quantitative estimate of drug-likeness (QED) is 0.309. The third-order valence-electron chi connectivity index (χ3n) is 4.74. The molecule has 4 rings (SSSR count). The van der Waals surface area contributed by atoms with Crippen LogP contribution in [0, 0.1) is 13.8 Å². The van der Waals surface area contributed by atoms with Crippen LogP contribution >= 0.6 is 35.0 Å². The molecule has 0 N–H and O–H groups in total. The highest BCUT2D eigenvalue weighted by molar-refractivity contribution is 7.98. The molecule has 4 aromatic rings. The normalized spacial score (nSPS) is 11.0. The molecule has 29 heavy (non-hydrogen) atoms. The minimum atomic E-state index is 0.664. The first-order chi connectivity index (χ1) is 14.0. The molecule has 0 bridgehead atoms. The zero-order chi connectivity index (χ0) is 20.4. The Kier molecular flexibility index (Phi) is 5.95. The highest BCUT2D eigenvalue weighted by Crippen LogP contribution is 2.31. The molecule has 0 atom stereocenters. The third-order valence-corrected chi connectivity index (χ3v) is 6.23. The molecule has 6 heteroatoms. The van der Waals surface area contributed by atoms with Crippen LogP contribution in [-0.2, 0) is 5.75 Å². The Morgan fingerprint density at radius 3 is 2.34 bits per heavy atom. The standard InChI is InChI=1S/C23H19Cl2N3S/c1-15-6-7-17(12-16(15)2)14-29-23-27-26-22(18-4-3-5-20(25)13-18)28(23)21-10-8-19(24)9-11-21/h3-13H,14H2,1-2H3. The first-order valence-corrected chi connectivity index (χ1v) is 10.9. The Balaban J connectivity index is 1.73. The Hall–Kier alpha value is -2.27. The molecule has 1 heterocycles. The van der Waals surface area contributed by atoms with E-state index in [-0.39, 0.29) is 0 Å². The van der Waals surface area contributed by atoms with Crippen molar-refractivity contribution in [2.45, 2.75) is 24.8 Å². The fourth-order valence-corrected chi connectivity index (χ4v) is 4.25. The van der Waals surface area contributed by atoms with Crippen molar-refractivity contribution in [1.29, 1.82) is 0 Å². The Labute approximate surface area is 184 Å². The van der Waals surface area contributed by atoms with Gasteiger partial charge in [-0.2, -0.15) is 0 Å². The number of nitrogens with zero attached hydrogens (tertiary/aromatic N) is 3. The summed E-state index contributed by atoms with van der Waals surface area (Å²) in [7, 11) is 0. The maximum Gasteiger partial charge on any atom is 0.196 e. The first-order valence-electron chi connectivity index (χ1n) is 9.17. The van der Waals surface area contributed by atoms with Crippen LogP contribution in [-0.4, -0.2) is 14.8 Å². The minimum absolute atomic E-state index is 0.664. The van der Waals surface area contributed by atoms with Crippen LogP contribution in [0.1, 0.15) is 16.7 Å². The van der Waals surface area contributed by atoms with Gasteiger partial charge in [-0.25, -0.2) is 0 Å². The fraction of sp³-hybridized carbons (Fsp3) is 0.130. The van der Waals surface area contributed by atoms with Gasteiger partial charge in [0.1, 0.15) is 0 Å². The van der Waals surface area contributed by atoms with Crippen molar-refractivity contribution in [3.8, 4) is 17.1 Å². The van der Waals surface area contributed by atoms with E-state index in [2.05, 4.69) is 42.2 Å². The molecule has 1 aromatic heterocycles. The van der Waals surface area contributed by atoms with Crippen molar-refractivity contribution in [3.63, 3.8) is 0 Å². The molecule has 0 fully saturated rings. The summed E-state index contributed by atoms with van der Waals surface area (Å²) in [6.07, 6.45) is 0. The maximum absolute atomic E-state index is 6.21. The number of rotatable bonds is 5. The van der Waals surface area contributed by atoms with E-state index in [0.717, 1.165) is 28.0 Å². The minimum Gasteiger partial charge on any atom is -0.270 e. The lowest BCUT2D eigenvalue weighted by Gasteiger charge is -2.11. The molecule has 0 spiro atoms. The molecular formula is C23H19Cl2N3S. The number of hydrogen-bond donors (Lipinski definition) is 0. The second-order valence-corrected chi connectivity index (χ2v) is 8.65. The van der Waals surface area contributed by atoms with Crippen LogP contribution in [0.15, 0.2) is 71.9 Å². The molecule has 0 amide bonds.